The molecule has 166 valence electrons. The summed E-state index contributed by atoms with van der Waals surface area (Å²) in [4.78, 5) is 18.6. The van der Waals surface area contributed by atoms with Gasteiger partial charge in [0.25, 0.3) is 0 Å². The van der Waals surface area contributed by atoms with Crippen LogP contribution in [0, 0.1) is 5.41 Å². The SMILES string of the molecule is CCC(CC)NC(=O)N(C=N)c1ccc(N2CCN(c3ccc(OC)cc3)CC2)cc1. The van der Waals surface area contributed by atoms with Crippen molar-refractivity contribution in [3.05, 3.63) is 48.5 Å². The van der Waals surface area contributed by atoms with Crippen molar-refractivity contribution in [3.8, 4) is 5.75 Å². The van der Waals surface area contributed by atoms with Gasteiger partial charge >= 0.3 is 6.03 Å². The first kappa shape index (κ1) is 22.5. The molecule has 0 aromatic heterocycles. The van der Waals surface area contributed by atoms with Gasteiger partial charge in [-0.05, 0) is 61.4 Å². The molecule has 0 aliphatic carbocycles. The highest BCUT2D eigenvalue weighted by Crippen LogP contribution is 2.24. The number of nitrogens with zero attached hydrogens (tertiary/aromatic N) is 3. The van der Waals surface area contributed by atoms with E-state index in [1.807, 2.05) is 50.2 Å². The quantitative estimate of drug-likeness (QED) is 0.490. The van der Waals surface area contributed by atoms with E-state index in [1.54, 1.807) is 7.11 Å². The Morgan fingerprint density at radius 1 is 1.00 bits per heavy atom. The number of nitrogens with one attached hydrogen (secondary N) is 2. The molecule has 0 spiro atoms. The van der Waals surface area contributed by atoms with Gasteiger partial charge in [0.05, 0.1) is 19.1 Å². The number of anilines is 3. The third-order valence-corrected chi connectivity index (χ3v) is 5.87. The average Bonchev–Trinajstić information content (AvgIpc) is 2.83. The zero-order chi connectivity index (χ0) is 22.2. The van der Waals surface area contributed by atoms with Gasteiger partial charge in [0.2, 0.25) is 0 Å². The first-order valence-corrected chi connectivity index (χ1v) is 10.9. The lowest BCUT2D eigenvalue weighted by atomic mass is 10.2. The molecule has 31 heavy (non-hydrogen) atoms. The van der Waals surface area contributed by atoms with Crippen molar-refractivity contribution in [2.75, 3.05) is 48.0 Å². The molecule has 2 aromatic carbocycles. The van der Waals surface area contributed by atoms with Crippen LogP contribution in [0.3, 0.4) is 0 Å². The summed E-state index contributed by atoms with van der Waals surface area (Å²) in [6.07, 6.45) is 2.81. The number of hydrogen-bond donors (Lipinski definition) is 2. The van der Waals surface area contributed by atoms with Crippen molar-refractivity contribution in [1.29, 1.82) is 5.41 Å². The Bertz CT molecular complexity index is 841. The van der Waals surface area contributed by atoms with Gasteiger partial charge in [-0.3, -0.25) is 10.3 Å². The Balaban J connectivity index is 1.59. The van der Waals surface area contributed by atoms with Crippen LogP contribution in [0.5, 0.6) is 5.75 Å². The molecule has 1 aliphatic heterocycles. The standard InChI is InChI=1S/C24H33N5O2/c1-4-19(5-2)26-24(30)29(18-25)22-8-6-20(7-9-22)27-14-16-28(17-15-27)21-10-12-23(31-3)13-11-21/h6-13,18-19,25H,4-5,14-17H2,1-3H3,(H,26,30). The molecule has 3 rings (SSSR count). The van der Waals surface area contributed by atoms with Crippen molar-refractivity contribution in [1.82, 2.24) is 5.32 Å². The molecule has 1 aliphatic rings. The maximum Gasteiger partial charge on any atom is 0.327 e. The number of piperazine rings is 1. The Morgan fingerprint density at radius 3 is 1.90 bits per heavy atom. The molecular weight excluding hydrogens is 390 g/mol. The first-order chi connectivity index (χ1) is 15.1. The largest absolute Gasteiger partial charge is 0.497 e. The van der Waals surface area contributed by atoms with Crippen LogP contribution < -0.4 is 24.8 Å². The van der Waals surface area contributed by atoms with Crippen LogP contribution in [-0.4, -0.2) is 51.7 Å². The molecule has 2 N–H and O–H groups in total. The van der Waals surface area contributed by atoms with E-state index in [0.717, 1.165) is 56.8 Å². The van der Waals surface area contributed by atoms with Crippen molar-refractivity contribution in [2.45, 2.75) is 32.7 Å². The molecule has 2 amide bonds. The lowest BCUT2D eigenvalue weighted by Gasteiger charge is -2.37. The van der Waals surface area contributed by atoms with E-state index in [-0.39, 0.29) is 12.1 Å². The molecule has 7 heteroatoms. The maximum atomic E-state index is 12.5. The smallest absolute Gasteiger partial charge is 0.327 e. The van der Waals surface area contributed by atoms with Crippen molar-refractivity contribution in [3.63, 3.8) is 0 Å². The normalized spacial score (nSPS) is 13.8. The van der Waals surface area contributed by atoms with Crippen LogP contribution in [0.1, 0.15) is 26.7 Å². The highest BCUT2D eigenvalue weighted by Gasteiger charge is 2.19. The number of urea groups is 1. The summed E-state index contributed by atoms with van der Waals surface area (Å²) in [5.41, 5.74) is 3.03. The number of ether oxygens (including phenoxy) is 1. The van der Waals surface area contributed by atoms with Crippen LogP contribution in [0.2, 0.25) is 0 Å². The summed E-state index contributed by atoms with van der Waals surface area (Å²) in [6.45, 7) is 7.83. The molecule has 0 unspecified atom stereocenters. The molecule has 1 fully saturated rings. The van der Waals surface area contributed by atoms with E-state index in [9.17, 15) is 4.79 Å². The second-order valence-electron chi connectivity index (χ2n) is 7.65. The zero-order valence-electron chi connectivity index (χ0n) is 18.7. The molecule has 0 radical (unpaired) electrons. The minimum atomic E-state index is -0.260. The first-order valence-electron chi connectivity index (χ1n) is 10.9. The summed E-state index contributed by atoms with van der Waals surface area (Å²) >= 11 is 0. The van der Waals surface area contributed by atoms with E-state index in [2.05, 4.69) is 27.2 Å². The monoisotopic (exact) mass is 423 g/mol. The van der Waals surface area contributed by atoms with Crippen molar-refractivity contribution >= 4 is 29.4 Å². The van der Waals surface area contributed by atoms with Crippen LogP contribution in [0.4, 0.5) is 21.9 Å². The Kier molecular flexibility index (Phi) is 7.76. The molecule has 7 nitrogen and oxygen atoms in total. The fraction of sp³-hybridized carbons (Fsp3) is 0.417. The predicted molar refractivity (Wildman–Crippen MR) is 128 cm³/mol. The van der Waals surface area contributed by atoms with Gasteiger partial charge in [0.15, 0.2) is 0 Å². The fourth-order valence-corrected chi connectivity index (χ4v) is 3.83. The lowest BCUT2D eigenvalue weighted by molar-refractivity contribution is 0.244. The lowest BCUT2D eigenvalue weighted by Crippen LogP contribution is -2.46. The zero-order valence-corrected chi connectivity index (χ0v) is 18.7. The molecule has 0 bridgehead atoms. The Labute approximate surface area is 185 Å². The second-order valence-corrected chi connectivity index (χ2v) is 7.65. The Morgan fingerprint density at radius 2 is 1.48 bits per heavy atom. The number of carbonyl (C=O) groups is 1. The van der Waals surface area contributed by atoms with Crippen molar-refractivity contribution in [2.24, 2.45) is 0 Å². The predicted octanol–water partition coefficient (Wildman–Crippen LogP) is 4.33. The molecule has 0 saturated carbocycles. The van der Waals surface area contributed by atoms with Gasteiger partial charge in [-0.15, -0.1) is 0 Å². The van der Waals surface area contributed by atoms with Crippen LogP contribution >= 0.6 is 0 Å². The van der Waals surface area contributed by atoms with Gasteiger partial charge in [-0.2, -0.15) is 0 Å². The van der Waals surface area contributed by atoms with E-state index < -0.39 is 0 Å². The Hall–Kier alpha value is -3.22. The number of methoxy groups -OCH3 is 1. The minimum Gasteiger partial charge on any atom is -0.497 e. The van der Waals surface area contributed by atoms with Crippen LogP contribution in [0.15, 0.2) is 48.5 Å². The maximum absolute atomic E-state index is 12.5. The topological polar surface area (TPSA) is 71.9 Å². The van der Waals surface area contributed by atoms with E-state index >= 15 is 0 Å². The average molecular weight is 424 g/mol. The summed E-state index contributed by atoms with van der Waals surface area (Å²) < 4.78 is 5.24. The van der Waals surface area contributed by atoms with Crippen molar-refractivity contribution < 1.29 is 9.53 Å². The van der Waals surface area contributed by atoms with Crippen LogP contribution in [0.25, 0.3) is 0 Å². The second kappa shape index (κ2) is 10.7. The van der Waals surface area contributed by atoms with E-state index in [4.69, 9.17) is 10.1 Å². The third-order valence-electron chi connectivity index (χ3n) is 5.87. The van der Waals surface area contributed by atoms with Gasteiger partial charge in [0, 0.05) is 43.6 Å². The molecule has 1 heterocycles. The molecule has 2 aromatic rings. The van der Waals surface area contributed by atoms with E-state index in [0.29, 0.717) is 5.69 Å². The summed E-state index contributed by atoms with van der Waals surface area (Å²) in [5, 5.41) is 10.7. The number of benzene rings is 2. The number of amides is 2. The van der Waals surface area contributed by atoms with Crippen LogP contribution in [-0.2, 0) is 0 Å². The minimum absolute atomic E-state index is 0.122. The van der Waals surface area contributed by atoms with Gasteiger partial charge < -0.3 is 19.9 Å². The number of hydrogen-bond acceptors (Lipinski definition) is 5. The number of rotatable bonds is 8. The highest BCUT2D eigenvalue weighted by molar-refractivity contribution is 6.06. The molecule has 1 saturated heterocycles. The molecular formula is C24H33N5O2. The van der Waals surface area contributed by atoms with Gasteiger partial charge in [-0.25, -0.2) is 4.79 Å². The van der Waals surface area contributed by atoms with Gasteiger partial charge in [0.1, 0.15) is 5.75 Å². The van der Waals surface area contributed by atoms with E-state index in [1.165, 1.54) is 10.6 Å². The third kappa shape index (κ3) is 5.48. The summed E-state index contributed by atoms with van der Waals surface area (Å²) in [6, 6.07) is 15.9. The van der Waals surface area contributed by atoms with Gasteiger partial charge in [-0.1, -0.05) is 13.8 Å². The molecule has 0 atom stereocenters. The highest BCUT2D eigenvalue weighted by atomic mass is 16.5. The summed E-state index contributed by atoms with van der Waals surface area (Å²) in [5.74, 6) is 0.870. The number of carbonyl (C=O) groups excluding carboxylic acids is 1. The fourth-order valence-electron chi connectivity index (χ4n) is 3.83. The summed E-state index contributed by atoms with van der Waals surface area (Å²) in [7, 11) is 1.68.